The zero-order chi connectivity index (χ0) is 15.4. The largest absolute Gasteiger partial charge is 0.508 e. The molecule has 1 aliphatic carbocycles. The van der Waals surface area contributed by atoms with Gasteiger partial charge in [0.05, 0.1) is 0 Å². The van der Waals surface area contributed by atoms with Crippen LogP contribution in [0, 0.1) is 6.92 Å². The van der Waals surface area contributed by atoms with Crippen molar-refractivity contribution in [2.24, 2.45) is 0 Å². The number of carbonyl (C=O) groups excluding carboxylic acids is 1. The van der Waals surface area contributed by atoms with Gasteiger partial charge in [0.15, 0.2) is 5.78 Å². The molecule has 1 aliphatic rings. The molecule has 1 atom stereocenters. The number of phenolic OH excluding ortho intramolecular Hbond substituents is 1. The molecule has 2 N–H and O–H groups in total. The average Bonchev–Trinajstić information content (AvgIpc) is 2.44. The number of aliphatic hydroxyl groups is 1. The van der Waals surface area contributed by atoms with Crippen LogP contribution in [0.2, 0.25) is 0 Å². The van der Waals surface area contributed by atoms with Gasteiger partial charge in [-0.25, -0.2) is 0 Å². The monoisotopic (exact) mass is 280 g/mol. The van der Waals surface area contributed by atoms with Gasteiger partial charge >= 0.3 is 0 Å². The first kappa shape index (κ1) is 13.6. The standard InChI is InChI=1S/C18H16O3/c1-4-11-10(2)16(19)9-14-12(11)5-7-15-13(14)6-8-17(20)18(15,3)21/h4-9,19,21H,1H2,2-3H3. The Hall–Kier alpha value is -2.39. The minimum Gasteiger partial charge on any atom is -0.508 e. The van der Waals surface area contributed by atoms with E-state index in [-0.39, 0.29) is 11.5 Å². The Morgan fingerprint density at radius 1 is 1.24 bits per heavy atom. The Bertz CT molecular complexity index is 826. The molecule has 0 saturated heterocycles. The van der Waals surface area contributed by atoms with Crippen LogP contribution in [0.25, 0.3) is 22.9 Å². The number of carbonyl (C=O) groups is 1. The molecule has 1 unspecified atom stereocenters. The molecule has 0 spiro atoms. The number of phenols is 1. The van der Waals surface area contributed by atoms with E-state index in [0.29, 0.717) is 5.56 Å². The summed E-state index contributed by atoms with van der Waals surface area (Å²) < 4.78 is 0. The van der Waals surface area contributed by atoms with Crippen molar-refractivity contribution in [3.05, 3.63) is 53.1 Å². The van der Waals surface area contributed by atoms with Gasteiger partial charge in [-0.15, -0.1) is 0 Å². The van der Waals surface area contributed by atoms with Crippen LogP contribution in [0.15, 0.2) is 30.9 Å². The number of hydrogen-bond donors (Lipinski definition) is 2. The molecule has 3 rings (SSSR count). The predicted octanol–water partition coefficient (Wildman–Crippen LogP) is 3.30. The van der Waals surface area contributed by atoms with Gasteiger partial charge in [-0.3, -0.25) is 4.79 Å². The van der Waals surface area contributed by atoms with Gasteiger partial charge in [0.2, 0.25) is 0 Å². The Morgan fingerprint density at radius 2 is 1.95 bits per heavy atom. The van der Waals surface area contributed by atoms with E-state index in [2.05, 4.69) is 6.58 Å². The highest BCUT2D eigenvalue weighted by Crippen LogP contribution is 2.39. The van der Waals surface area contributed by atoms with E-state index in [0.717, 1.165) is 27.5 Å². The topological polar surface area (TPSA) is 57.5 Å². The van der Waals surface area contributed by atoms with Crippen molar-refractivity contribution < 1.29 is 15.0 Å². The third kappa shape index (κ3) is 1.74. The van der Waals surface area contributed by atoms with Crippen LogP contribution in [-0.4, -0.2) is 16.0 Å². The Morgan fingerprint density at radius 3 is 2.62 bits per heavy atom. The summed E-state index contributed by atoms with van der Waals surface area (Å²) in [4.78, 5) is 11.9. The van der Waals surface area contributed by atoms with Crippen LogP contribution in [0.4, 0.5) is 0 Å². The fraction of sp³-hybridized carbons (Fsp3) is 0.167. The molecular weight excluding hydrogens is 264 g/mol. The lowest BCUT2D eigenvalue weighted by molar-refractivity contribution is -0.131. The van der Waals surface area contributed by atoms with E-state index in [9.17, 15) is 15.0 Å². The highest BCUT2D eigenvalue weighted by molar-refractivity contribution is 6.08. The molecule has 3 heteroatoms. The Kier molecular flexibility index (Phi) is 2.78. The number of rotatable bonds is 1. The van der Waals surface area contributed by atoms with Crippen LogP contribution in [0.5, 0.6) is 5.75 Å². The third-order valence-electron chi connectivity index (χ3n) is 4.26. The zero-order valence-corrected chi connectivity index (χ0v) is 12.0. The molecule has 0 heterocycles. The first-order valence-corrected chi connectivity index (χ1v) is 6.75. The average molecular weight is 280 g/mol. The summed E-state index contributed by atoms with van der Waals surface area (Å²) in [6.07, 6.45) is 4.78. The molecule has 0 amide bonds. The summed E-state index contributed by atoms with van der Waals surface area (Å²) in [5.74, 6) is -0.162. The lowest BCUT2D eigenvalue weighted by Crippen LogP contribution is -2.33. The van der Waals surface area contributed by atoms with Crippen LogP contribution in [-0.2, 0) is 10.4 Å². The van der Waals surface area contributed by atoms with E-state index in [1.165, 1.54) is 13.0 Å². The van der Waals surface area contributed by atoms with Crippen LogP contribution >= 0.6 is 0 Å². The Labute approximate surface area is 122 Å². The molecule has 2 aromatic rings. The van der Waals surface area contributed by atoms with E-state index >= 15 is 0 Å². The van der Waals surface area contributed by atoms with E-state index < -0.39 is 5.60 Å². The minimum absolute atomic E-state index is 0.177. The van der Waals surface area contributed by atoms with Gasteiger partial charge in [0.25, 0.3) is 0 Å². The number of ketones is 1. The summed E-state index contributed by atoms with van der Waals surface area (Å²) in [6.45, 7) is 7.13. The lowest BCUT2D eigenvalue weighted by Gasteiger charge is -2.27. The highest BCUT2D eigenvalue weighted by atomic mass is 16.3. The number of benzene rings is 2. The molecule has 21 heavy (non-hydrogen) atoms. The molecule has 2 aromatic carbocycles. The fourth-order valence-corrected chi connectivity index (χ4v) is 2.93. The second-order valence-electron chi connectivity index (χ2n) is 5.53. The normalized spacial score (nSPS) is 20.6. The zero-order valence-electron chi connectivity index (χ0n) is 12.0. The minimum atomic E-state index is -1.53. The molecule has 3 nitrogen and oxygen atoms in total. The Balaban J connectivity index is 2.48. The van der Waals surface area contributed by atoms with Crippen molar-refractivity contribution in [3.8, 4) is 5.75 Å². The molecule has 0 saturated carbocycles. The van der Waals surface area contributed by atoms with Gasteiger partial charge < -0.3 is 10.2 Å². The fourth-order valence-electron chi connectivity index (χ4n) is 2.93. The quantitative estimate of drug-likeness (QED) is 0.842. The molecule has 0 fully saturated rings. The van der Waals surface area contributed by atoms with Crippen molar-refractivity contribution in [1.82, 2.24) is 0 Å². The maximum atomic E-state index is 11.9. The van der Waals surface area contributed by atoms with Crippen LogP contribution < -0.4 is 0 Å². The van der Waals surface area contributed by atoms with Gasteiger partial charge in [0.1, 0.15) is 11.4 Å². The lowest BCUT2D eigenvalue weighted by atomic mass is 9.80. The van der Waals surface area contributed by atoms with E-state index in [1.807, 2.05) is 13.0 Å². The SMILES string of the molecule is C=Cc1c(C)c(O)cc2c3c(ccc12)C(C)(O)C(=O)C=C3. The number of hydrogen-bond acceptors (Lipinski definition) is 3. The van der Waals surface area contributed by atoms with E-state index in [1.54, 1.807) is 24.3 Å². The smallest absolute Gasteiger partial charge is 0.191 e. The van der Waals surface area contributed by atoms with Gasteiger partial charge in [-0.05, 0) is 59.0 Å². The summed E-state index contributed by atoms with van der Waals surface area (Å²) >= 11 is 0. The number of fused-ring (bicyclic) bond motifs is 3. The predicted molar refractivity (Wildman–Crippen MR) is 84.1 cm³/mol. The molecule has 106 valence electrons. The highest BCUT2D eigenvalue weighted by Gasteiger charge is 2.35. The second kappa shape index (κ2) is 4.30. The molecule has 0 aromatic heterocycles. The van der Waals surface area contributed by atoms with Gasteiger partial charge in [-0.1, -0.05) is 30.9 Å². The summed E-state index contributed by atoms with van der Waals surface area (Å²) in [6, 6.07) is 5.30. The van der Waals surface area contributed by atoms with Crippen molar-refractivity contribution in [2.75, 3.05) is 0 Å². The van der Waals surface area contributed by atoms with Crippen molar-refractivity contribution in [2.45, 2.75) is 19.4 Å². The first-order chi connectivity index (χ1) is 9.87. The van der Waals surface area contributed by atoms with Gasteiger partial charge in [-0.2, -0.15) is 0 Å². The molecule has 0 radical (unpaired) electrons. The first-order valence-electron chi connectivity index (χ1n) is 6.75. The second-order valence-corrected chi connectivity index (χ2v) is 5.53. The summed E-state index contributed by atoms with van der Waals surface area (Å²) in [7, 11) is 0. The molecular formula is C18H16O3. The van der Waals surface area contributed by atoms with Crippen LogP contribution in [0.1, 0.15) is 29.2 Å². The summed E-state index contributed by atoms with van der Waals surface area (Å²) in [5.41, 5.74) is 1.40. The third-order valence-corrected chi connectivity index (χ3v) is 4.26. The van der Waals surface area contributed by atoms with E-state index in [4.69, 9.17) is 0 Å². The summed E-state index contributed by atoms with van der Waals surface area (Å²) in [5, 5.41) is 22.3. The van der Waals surface area contributed by atoms with Gasteiger partial charge in [0, 0.05) is 0 Å². The number of aromatic hydroxyl groups is 1. The molecule has 0 aliphatic heterocycles. The van der Waals surface area contributed by atoms with Crippen molar-refractivity contribution in [1.29, 1.82) is 0 Å². The maximum Gasteiger partial charge on any atom is 0.191 e. The van der Waals surface area contributed by atoms with Crippen LogP contribution in [0.3, 0.4) is 0 Å². The maximum absolute atomic E-state index is 11.9. The van der Waals surface area contributed by atoms with Crippen molar-refractivity contribution >= 4 is 28.7 Å². The molecule has 0 bridgehead atoms. The van der Waals surface area contributed by atoms with Crippen molar-refractivity contribution in [3.63, 3.8) is 0 Å².